The lowest BCUT2D eigenvalue weighted by Gasteiger charge is -2.27. The zero-order valence-corrected chi connectivity index (χ0v) is 12.1. The van der Waals surface area contributed by atoms with E-state index in [2.05, 4.69) is 34.4 Å². The van der Waals surface area contributed by atoms with Crippen LogP contribution >= 0.6 is 0 Å². The summed E-state index contributed by atoms with van der Waals surface area (Å²) in [4.78, 5) is 18.8. The van der Waals surface area contributed by atoms with Crippen molar-refractivity contribution in [1.82, 2.24) is 20.0 Å². The molecule has 0 aliphatic carbocycles. The summed E-state index contributed by atoms with van der Waals surface area (Å²) in [5.74, 6) is 1.07. The molecule has 0 bridgehead atoms. The van der Waals surface area contributed by atoms with Gasteiger partial charge in [0, 0.05) is 19.3 Å². The topological polar surface area (TPSA) is 62.5 Å². The van der Waals surface area contributed by atoms with Gasteiger partial charge in [-0.3, -0.25) is 14.5 Å². The quantitative estimate of drug-likeness (QED) is 0.841. The van der Waals surface area contributed by atoms with E-state index in [1.54, 1.807) is 0 Å². The van der Waals surface area contributed by atoms with Crippen LogP contribution in [0.4, 0.5) is 0 Å². The second kappa shape index (κ2) is 4.72. The van der Waals surface area contributed by atoms with E-state index in [1.807, 2.05) is 10.9 Å². The highest BCUT2D eigenvalue weighted by Gasteiger charge is 2.28. The number of amidine groups is 1. The minimum Gasteiger partial charge on any atom is -0.357 e. The van der Waals surface area contributed by atoms with Gasteiger partial charge >= 0.3 is 0 Å². The molecule has 4 rings (SSSR count). The molecule has 1 aromatic rings. The molecular weight excluding hydrogens is 266 g/mol. The van der Waals surface area contributed by atoms with E-state index in [0.717, 1.165) is 24.6 Å². The van der Waals surface area contributed by atoms with Crippen molar-refractivity contribution >= 4 is 11.7 Å². The Hall–Kier alpha value is -2.11. The molecule has 110 valence electrons. The smallest absolute Gasteiger partial charge is 0.255 e. The van der Waals surface area contributed by atoms with Gasteiger partial charge in [0.25, 0.3) is 5.91 Å². The Morgan fingerprint density at radius 1 is 1.33 bits per heavy atom. The Morgan fingerprint density at radius 2 is 2.14 bits per heavy atom. The van der Waals surface area contributed by atoms with Crippen molar-refractivity contribution in [1.29, 1.82) is 0 Å². The number of aromatic nitrogens is 2. The van der Waals surface area contributed by atoms with Crippen LogP contribution in [0.3, 0.4) is 0 Å². The SMILES string of the molecule is CC1N=C(N2CCCC2)C=CC1n1cc2c(n1)CNC2=O. The average Bonchev–Trinajstić information content (AvgIpc) is 3.18. The fourth-order valence-electron chi connectivity index (χ4n) is 3.28. The van der Waals surface area contributed by atoms with E-state index in [1.165, 1.54) is 12.8 Å². The van der Waals surface area contributed by atoms with Gasteiger partial charge in [-0.2, -0.15) is 5.10 Å². The highest BCUT2D eigenvalue weighted by Crippen LogP contribution is 2.24. The molecule has 0 spiro atoms. The molecule has 1 amide bonds. The summed E-state index contributed by atoms with van der Waals surface area (Å²) in [5, 5.41) is 7.32. The number of likely N-dealkylation sites (tertiary alicyclic amines) is 1. The maximum Gasteiger partial charge on any atom is 0.255 e. The first-order valence-electron chi connectivity index (χ1n) is 7.59. The number of aliphatic imine (C=N–C) groups is 1. The molecule has 0 aromatic carbocycles. The summed E-state index contributed by atoms with van der Waals surface area (Å²) in [6.07, 6.45) is 8.62. The summed E-state index contributed by atoms with van der Waals surface area (Å²) in [6.45, 7) is 4.86. The molecule has 6 heteroatoms. The molecule has 3 aliphatic heterocycles. The molecule has 6 nitrogen and oxygen atoms in total. The van der Waals surface area contributed by atoms with Crippen LogP contribution in [0.5, 0.6) is 0 Å². The number of rotatable bonds is 1. The van der Waals surface area contributed by atoms with E-state index in [4.69, 9.17) is 4.99 Å². The number of fused-ring (bicyclic) bond motifs is 1. The van der Waals surface area contributed by atoms with Crippen LogP contribution in [0, 0.1) is 0 Å². The van der Waals surface area contributed by atoms with E-state index in [9.17, 15) is 4.79 Å². The van der Waals surface area contributed by atoms with Crippen LogP contribution in [-0.4, -0.2) is 45.6 Å². The fraction of sp³-hybridized carbons (Fsp3) is 0.533. The van der Waals surface area contributed by atoms with Crippen molar-refractivity contribution in [3.8, 4) is 0 Å². The van der Waals surface area contributed by atoms with Crippen LogP contribution in [-0.2, 0) is 6.54 Å². The molecule has 1 aromatic heterocycles. The van der Waals surface area contributed by atoms with Crippen molar-refractivity contribution in [2.24, 2.45) is 4.99 Å². The third-order valence-corrected chi connectivity index (χ3v) is 4.48. The van der Waals surface area contributed by atoms with Crippen molar-refractivity contribution in [3.05, 3.63) is 29.6 Å². The first-order chi connectivity index (χ1) is 10.2. The van der Waals surface area contributed by atoms with Crippen LogP contribution in [0.2, 0.25) is 0 Å². The molecular formula is C15H19N5O. The largest absolute Gasteiger partial charge is 0.357 e. The third kappa shape index (κ3) is 2.05. The Balaban J connectivity index is 1.56. The molecule has 1 N–H and O–H groups in total. The molecule has 3 aliphatic rings. The van der Waals surface area contributed by atoms with E-state index >= 15 is 0 Å². The van der Waals surface area contributed by atoms with Gasteiger partial charge in [-0.1, -0.05) is 6.08 Å². The molecule has 0 saturated carbocycles. The molecule has 4 heterocycles. The van der Waals surface area contributed by atoms with Gasteiger partial charge in [0.05, 0.1) is 29.9 Å². The van der Waals surface area contributed by atoms with E-state index < -0.39 is 0 Å². The molecule has 0 radical (unpaired) electrons. The number of hydrogen-bond acceptors (Lipinski definition) is 4. The first kappa shape index (κ1) is 12.6. The van der Waals surface area contributed by atoms with Crippen LogP contribution in [0.15, 0.2) is 23.3 Å². The lowest BCUT2D eigenvalue weighted by atomic mass is 10.1. The number of carbonyl (C=O) groups excluding carboxylic acids is 1. The summed E-state index contributed by atoms with van der Waals surface area (Å²) in [6, 6.07) is 0.225. The Morgan fingerprint density at radius 3 is 2.86 bits per heavy atom. The van der Waals surface area contributed by atoms with Crippen LogP contribution in [0.1, 0.15) is 41.9 Å². The molecule has 21 heavy (non-hydrogen) atoms. The predicted octanol–water partition coefficient (Wildman–Crippen LogP) is 1.12. The molecule has 2 atom stereocenters. The Kier molecular flexibility index (Phi) is 2.83. The third-order valence-electron chi connectivity index (χ3n) is 4.48. The maximum absolute atomic E-state index is 11.7. The first-order valence-corrected chi connectivity index (χ1v) is 7.59. The molecule has 1 fully saturated rings. The van der Waals surface area contributed by atoms with Gasteiger partial charge < -0.3 is 10.2 Å². The fourth-order valence-corrected chi connectivity index (χ4v) is 3.28. The van der Waals surface area contributed by atoms with E-state index in [-0.39, 0.29) is 18.0 Å². The molecule has 2 unspecified atom stereocenters. The number of nitrogens with zero attached hydrogens (tertiary/aromatic N) is 4. The minimum absolute atomic E-state index is 0.0232. The summed E-state index contributed by atoms with van der Waals surface area (Å²) >= 11 is 0. The van der Waals surface area contributed by atoms with Crippen molar-refractivity contribution in [2.75, 3.05) is 13.1 Å². The van der Waals surface area contributed by atoms with Gasteiger partial charge in [-0.15, -0.1) is 0 Å². The number of carbonyl (C=O) groups is 1. The second-order valence-electron chi connectivity index (χ2n) is 5.92. The number of amides is 1. The lowest BCUT2D eigenvalue weighted by molar-refractivity contribution is 0.0965. The van der Waals surface area contributed by atoms with Crippen LogP contribution < -0.4 is 5.32 Å². The summed E-state index contributed by atoms with van der Waals surface area (Å²) in [5.41, 5.74) is 1.54. The van der Waals surface area contributed by atoms with Crippen molar-refractivity contribution in [2.45, 2.75) is 38.4 Å². The average molecular weight is 285 g/mol. The molecule has 1 saturated heterocycles. The monoisotopic (exact) mass is 285 g/mol. The van der Waals surface area contributed by atoms with Gasteiger partial charge in [-0.25, -0.2) is 0 Å². The van der Waals surface area contributed by atoms with E-state index in [0.29, 0.717) is 12.1 Å². The summed E-state index contributed by atoms with van der Waals surface area (Å²) in [7, 11) is 0. The van der Waals surface area contributed by atoms with Gasteiger partial charge in [-0.05, 0) is 25.8 Å². The number of nitrogens with one attached hydrogen (secondary N) is 1. The zero-order chi connectivity index (χ0) is 14.4. The van der Waals surface area contributed by atoms with Gasteiger partial charge in [0.2, 0.25) is 0 Å². The van der Waals surface area contributed by atoms with Crippen LogP contribution in [0.25, 0.3) is 0 Å². The highest BCUT2D eigenvalue weighted by molar-refractivity contribution is 5.97. The van der Waals surface area contributed by atoms with Crippen molar-refractivity contribution in [3.63, 3.8) is 0 Å². The zero-order valence-electron chi connectivity index (χ0n) is 12.1. The second-order valence-corrected chi connectivity index (χ2v) is 5.92. The van der Waals surface area contributed by atoms with Gasteiger partial charge in [0.1, 0.15) is 5.84 Å². The Labute approximate surface area is 123 Å². The maximum atomic E-state index is 11.7. The number of hydrogen-bond donors (Lipinski definition) is 1. The normalized spacial score (nSPS) is 27.8. The van der Waals surface area contributed by atoms with Gasteiger partial charge in [0.15, 0.2) is 0 Å². The minimum atomic E-state index is -0.0232. The number of dihydropyridines is 1. The Bertz CT molecular complexity index is 638. The lowest BCUT2D eigenvalue weighted by Crippen LogP contribution is -2.32. The summed E-state index contributed by atoms with van der Waals surface area (Å²) < 4.78 is 1.88. The standard InChI is InChI=1S/C15H19N5O/c1-10-13(4-5-14(17-10)19-6-2-3-7-19)20-9-11-12(18-20)8-16-15(11)21/h4-5,9-10,13H,2-3,6-8H2,1H3,(H,16,21). The predicted molar refractivity (Wildman–Crippen MR) is 79.3 cm³/mol. The highest BCUT2D eigenvalue weighted by atomic mass is 16.2. The van der Waals surface area contributed by atoms with Crippen molar-refractivity contribution < 1.29 is 4.79 Å².